The Morgan fingerprint density at radius 2 is 1.95 bits per heavy atom. The van der Waals surface area contributed by atoms with Crippen molar-refractivity contribution in [3.8, 4) is 17.2 Å². The maximum absolute atomic E-state index is 6.12. The first-order valence-electron chi connectivity index (χ1n) is 11.8. The largest absolute Gasteiger partial charge is 0.495 e. The molecule has 0 saturated carbocycles. The number of pyridine rings is 1. The number of hydrogen-bond donors (Lipinski definition) is 2. The second kappa shape index (κ2) is 10.4. The van der Waals surface area contributed by atoms with Crippen LogP contribution in [0, 0.1) is 6.92 Å². The molecular formula is C27H26ClN7O2. The van der Waals surface area contributed by atoms with Crippen LogP contribution in [0.2, 0.25) is 0 Å². The number of fused-ring (bicyclic) bond motifs is 2. The first-order valence-corrected chi connectivity index (χ1v) is 11.8. The van der Waals surface area contributed by atoms with Crippen LogP contribution in [0.15, 0.2) is 67.4 Å². The summed E-state index contributed by atoms with van der Waals surface area (Å²) < 4.78 is 13.7. The summed E-state index contributed by atoms with van der Waals surface area (Å²) in [7, 11) is 1.70. The van der Waals surface area contributed by atoms with Crippen LogP contribution in [0.5, 0.6) is 17.2 Å². The van der Waals surface area contributed by atoms with Gasteiger partial charge >= 0.3 is 0 Å². The number of benzene rings is 2. The van der Waals surface area contributed by atoms with E-state index in [4.69, 9.17) is 9.47 Å². The number of nitrogens with zero attached hydrogens (tertiary/aromatic N) is 5. The molecular weight excluding hydrogens is 490 g/mol. The number of hydrogen-bond acceptors (Lipinski definition) is 8. The van der Waals surface area contributed by atoms with Gasteiger partial charge in [-0.15, -0.1) is 12.4 Å². The topological polar surface area (TPSA) is 98.5 Å². The van der Waals surface area contributed by atoms with Crippen molar-refractivity contribution < 1.29 is 9.47 Å². The van der Waals surface area contributed by atoms with E-state index in [0.29, 0.717) is 11.6 Å². The van der Waals surface area contributed by atoms with E-state index in [1.54, 1.807) is 18.0 Å². The van der Waals surface area contributed by atoms with Crippen molar-refractivity contribution in [2.75, 3.05) is 25.5 Å². The molecule has 37 heavy (non-hydrogen) atoms. The van der Waals surface area contributed by atoms with Crippen molar-refractivity contribution in [2.24, 2.45) is 0 Å². The van der Waals surface area contributed by atoms with Crippen LogP contribution in [0.1, 0.15) is 17.5 Å². The minimum absolute atomic E-state index is 0. The molecule has 2 aromatic carbocycles. The van der Waals surface area contributed by atoms with E-state index in [9.17, 15) is 0 Å². The lowest BCUT2D eigenvalue weighted by atomic mass is 9.97. The second-order valence-corrected chi connectivity index (χ2v) is 8.58. The fraction of sp³-hybridized carbons (Fsp3) is 0.185. The van der Waals surface area contributed by atoms with Gasteiger partial charge in [0.25, 0.3) is 0 Å². The van der Waals surface area contributed by atoms with Crippen molar-refractivity contribution in [3.63, 3.8) is 0 Å². The van der Waals surface area contributed by atoms with E-state index in [1.165, 1.54) is 11.9 Å². The van der Waals surface area contributed by atoms with Gasteiger partial charge in [-0.1, -0.05) is 6.08 Å². The Morgan fingerprint density at radius 3 is 2.76 bits per heavy atom. The number of halogens is 1. The van der Waals surface area contributed by atoms with E-state index in [1.807, 2.05) is 49.5 Å². The Kier molecular flexibility index (Phi) is 6.89. The Morgan fingerprint density at radius 1 is 1.03 bits per heavy atom. The molecule has 0 amide bonds. The molecule has 0 radical (unpaired) electrons. The van der Waals surface area contributed by atoms with Crippen LogP contribution < -0.4 is 20.1 Å². The number of aryl methyl sites for hydroxylation is 1. The molecule has 6 rings (SSSR count). The number of anilines is 2. The lowest BCUT2D eigenvalue weighted by molar-refractivity contribution is 0.418. The Balaban J connectivity index is 0.00000280. The van der Waals surface area contributed by atoms with Crippen LogP contribution in [0.3, 0.4) is 0 Å². The molecule has 0 unspecified atom stereocenters. The Labute approximate surface area is 220 Å². The standard InChI is InChI=1S/C27H25N7O2.ClH/c1-17-13-19(3-6-23(17)36-20-9-12-34-24(14-20)30-16-32-34)33-27-25-22(29-15-31-27)5-4-21(26(25)35-2)18-7-10-28-11-8-18;/h3-7,9,12-16,28H,8,10-11H2,1-2H3,(H,29,31,33);1H. The average molecular weight is 516 g/mol. The summed E-state index contributed by atoms with van der Waals surface area (Å²) in [6.45, 7) is 3.81. The summed E-state index contributed by atoms with van der Waals surface area (Å²) in [5.74, 6) is 2.93. The van der Waals surface area contributed by atoms with E-state index in [2.05, 4.69) is 42.8 Å². The monoisotopic (exact) mass is 515 g/mol. The first kappa shape index (κ1) is 24.5. The Bertz CT molecular complexity index is 1620. The SMILES string of the molecule is COc1c(C2=CCNCC2)ccc2ncnc(Nc3ccc(Oc4ccn5ncnc5c4)c(C)c3)c12.Cl. The quantitative estimate of drug-likeness (QED) is 0.313. The summed E-state index contributed by atoms with van der Waals surface area (Å²) in [5, 5.41) is 11.8. The molecule has 188 valence electrons. The van der Waals surface area contributed by atoms with Crippen molar-refractivity contribution in [1.29, 1.82) is 0 Å². The van der Waals surface area contributed by atoms with Crippen LogP contribution >= 0.6 is 12.4 Å². The molecule has 9 nitrogen and oxygen atoms in total. The summed E-state index contributed by atoms with van der Waals surface area (Å²) in [5.41, 5.74) is 5.77. The molecule has 0 aliphatic carbocycles. The lowest BCUT2D eigenvalue weighted by Crippen LogP contribution is -2.20. The van der Waals surface area contributed by atoms with Gasteiger partial charge in [0.1, 0.15) is 35.7 Å². The summed E-state index contributed by atoms with van der Waals surface area (Å²) in [6, 6.07) is 13.8. The normalized spacial score (nSPS) is 13.2. The van der Waals surface area contributed by atoms with Gasteiger partial charge in [0, 0.05) is 30.1 Å². The van der Waals surface area contributed by atoms with E-state index in [0.717, 1.165) is 64.4 Å². The highest BCUT2D eigenvalue weighted by atomic mass is 35.5. The molecule has 2 N–H and O–H groups in total. The third-order valence-electron chi connectivity index (χ3n) is 6.29. The third kappa shape index (κ3) is 4.78. The number of ether oxygens (including phenoxy) is 2. The highest BCUT2D eigenvalue weighted by Gasteiger charge is 2.18. The lowest BCUT2D eigenvalue weighted by Gasteiger charge is -2.19. The van der Waals surface area contributed by atoms with Crippen LogP contribution in [-0.4, -0.2) is 44.8 Å². The number of nitrogens with one attached hydrogen (secondary N) is 2. The molecule has 3 aromatic heterocycles. The maximum Gasteiger partial charge on any atom is 0.158 e. The van der Waals surface area contributed by atoms with Gasteiger partial charge in [-0.05, 0) is 67.4 Å². The predicted molar refractivity (Wildman–Crippen MR) is 146 cm³/mol. The fourth-order valence-electron chi connectivity index (χ4n) is 4.51. The van der Waals surface area contributed by atoms with E-state index in [-0.39, 0.29) is 12.4 Å². The fourth-order valence-corrected chi connectivity index (χ4v) is 4.51. The first-order chi connectivity index (χ1) is 17.7. The molecule has 0 fully saturated rings. The van der Waals surface area contributed by atoms with Gasteiger partial charge in [0.05, 0.1) is 18.0 Å². The van der Waals surface area contributed by atoms with E-state index < -0.39 is 0 Å². The molecule has 10 heteroatoms. The van der Waals surface area contributed by atoms with Gasteiger partial charge in [-0.25, -0.2) is 19.5 Å². The van der Waals surface area contributed by atoms with Gasteiger partial charge in [-0.2, -0.15) is 5.10 Å². The third-order valence-corrected chi connectivity index (χ3v) is 6.29. The molecule has 1 aliphatic heterocycles. The zero-order valence-corrected chi connectivity index (χ0v) is 21.2. The van der Waals surface area contributed by atoms with Crippen molar-refractivity contribution in [2.45, 2.75) is 13.3 Å². The van der Waals surface area contributed by atoms with Gasteiger partial charge in [-0.3, -0.25) is 0 Å². The maximum atomic E-state index is 6.12. The summed E-state index contributed by atoms with van der Waals surface area (Å²) in [4.78, 5) is 13.3. The highest BCUT2D eigenvalue weighted by molar-refractivity contribution is 5.99. The molecule has 4 heterocycles. The average Bonchev–Trinajstić information content (AvgIpc) is 3.38. The number of aromatic nitrogens is 5. The zero-order valence-electron chi connectivity index (χ0n) is 20.4. The van der Waals surface area contributed by atoms with Crippen molar-refractivity contribution >= 4 is 46.0 Å². The summed E-state index contributed by atoms with van der Waals surface area (Å²) in [6.07, 6.45) is 8.07. The van der Waals surface area contributed by atoms with Gasteiger partial charge in [0.2, 0.25) is 0 Å². The zero-order chi connectivity index (χ0) is 24.5. The smallest absolute Gasteiger partial charge is 0.158 e. The summed E-state index contributed by atoms with van der Waals surface area (Å²) >= 11 is 0. The minimum Gasteiger partial charge on any atom is -0.495 e. The van der Waals surface area contributed by atoms with Gasteiger partial charge in [0.15, 0.2) is 5.65 Å². The molecule has 0 atom stereocenters. The van der Waals surface area contributed by atoms with Crippen LogP contribution in [0.4, 0.5) is 11.5 Å². The minimum atomic E-state index is 0. The molecule has 0 spiro atoms. The molecule has 0 saturated heterocycles. The number of methoxy groups -OCH3 is 1. The second-order valence-electron chi connectivity index (χ2n) is 8.58. The Hall–Kier alpha value is -4.21. The highest BCUT2D eigenvalue weighted by Crippen LogP contribution is 2.39. The van der Waals surface area contributed by atoms with Crippen LogP contribution in [-0.2, 0) is 0 Å². The van der Waals surface area contributed by atoms with Crippen molar-refractivity contribution in [1.82, 2.24) is 29.9 Å². The van der Waals surface area contributed by atoms with Crippen LogP contribution in [0.25, 0.3) is 22.1 Å². The molecule has 0 bridgehead atoms. The predicted octanol–water partition coefficient (Wildman–Crippen LogP) is 5.32. The van der Waals surface area contributed by atoms with Crippen molar-refractivity contribution in [3.05, 3.63) is 78.5 Å². The molecule has 5 aromatic rings. The van der Waals surface area contributed by atoms with E-state index >= 15 is 0 Å². The number of rotatable bonds is 6. The van der Waals surface area contributed by atoms with Gasteiger partial charge < -0.3 is 20.1 Å². The molecule has 1 aliphatic rings.